The first-order valence-corrected chi connectivity index (χ1v) is 7.36. The maximum Gasteiger partial charge on any atom is 0.306 e. The molecule has 2 atom stereocenters. The molecule has 0 aromatic carbocycles. The van der Waals surface area contributed by atoms with Gasteiger partial charge >= 0.3 is 5.97 Å². The minimum absolute atomic E-state index is 0.0234. The van der Waals surface area contributed by atoms with Crippen LogP contribution in [0.1, 0.15) is 51.4 Å². The molecule has 5 heteroatoms. The molecule has 0 aromatic heterocycles. The third-order valence-electron chi connectivity index (χ3n) is 4.59. The van der Waals surface area contributed by atoms with Crippen LogP contribution in [0.5, 0.6) is 0 Å². The summed E-state index contributed by atoms with van der Waals surface area (Å²) >= 11 is 0. The summed E-state index contributed by atoms with van der Waals surface area (Å²) in [5.74, 6) is -0.940. The van der Waals surface area contributed by atoms with Crippen LogP contribution in [0.25, 0.3) is 0 Å². The van der Waals surface area contributed by atoms with Crippen LogP contribution in [0.4, 0.5) is 0 Å². The van der Waals surface area contributed by atoms with Crippen molar-refractivity contribution < 1.29 is 14.7 Å². The number of carbonyl (C=O) groups is 2. The van der Waals surface area contributed by atoms with Crippen molar-refractivity contribution in [2.24, 2.45) is 17.6 Å². The first-order valence-electron chi connectivity index (χ1n) is 7.36. The predicted octanol–water partition coefficient (Wildman–Crippen LogP) is 1.26. The zero-order valence-corrected chi connectivity index (χ0v) is 11.3. The van der Waals surface area contributed by atoms with Gasteiger partial charge in [0.1, 0.15) is 0 Å². The van der Waals surface area contributed by atoms with Crippen LogP contribution in [-0.2, 0) is 9.59 Å². The quantitative estimate of drug-likeness (QED) is 0.718. The van der Waals surface area contributed by atoms with Gasteiger partial charge in [-0.1, -0.05) is 12.8 Å². The monoisotopic (exact) mass is 268 g/mol. The molecule has 5 nitrogen and oxygen atoms in total. The molecule has 2 saturated carbocycles. The Morgan fingerprint density at radius 2 is 1.53 bits per heavy atom. The maximum atomic E-state index is 12.2. The molecule has 2 aliphatic carbocycles. The number of nitrogens with two attached hydrogens (primary N) is 1. The standard InChI is InChI=1S/C14H24N2O3/c15-11-3-1-2-4-12(11)16-13(17)9-5-7-10(8-6-9)14(18)19/h9-12H,1-8,15H2,(H,16,17)(H,18,19). The van der Waals surface area contributed by atoms with Gasteiger partial charge in [-0.25, -0.2) is 0 Å². The van der Waals surface area contributed by atoms with Crippen molar-refractivity contribution in [3.63, 3.8) is 0 Å². The van der Waals surface area contributed by atoms with Gasteiger partial charge in [-0.05, 0) is 38.5 Å². The summed E-state index contributed by atoms with van der Waals surface area (Å²) in [6.45, 7) is 0. The van der Waals surface area contributed by atoms with Gasteiger partial charge in [-0.15, -0.1) is 0 Å². The molecule has 0 heterocycles. The number of nitrogens with one attached hydrogen (secondary N) is 1. The van der Waals surface area contributed by atoms with E-state index in [-0.39, 0.29) is 29.8 Å². The van der Waals surface area contributed by atoms with Gasteiger partial charge in [0.15, 0.2) is 0 Å². The summed E-state index contributed by atoms with van der Waals surface area (Å²) in [4.78, 5) is 23.0. The van der Waals surface area contributed by atoms with Crippen molar-refractivity contribution in [2.75, 3.05) is 0 Å². The largest absolute Gasteiger partial charge is 0.481 e. The predicted molar refractivity (Wildman–Crippen MR) is 71.5 cm³/mol. The third kappa shape index (κ3) is 3.69. The lowest BCUT2D eigenvalue weighted by Crippen LogP contribution is -2.51. The van der Waals surface area contributed by atoms with Gasteiger partial charge in [0.25, 0.3) is 0 Å². The highest BCUT2D eigenvalue weighted by Crippen LogP contribution is 2.29. The molecule has 2 aliphatic rings. The second kappa shape index (κ2) is 6.37. The fraction of sp³-hybridized carbons (Fsp3) is 0.857. The van der Waals surface area contributed by atoms with Gasteiger partial charge in [-0.3, -0.25) is 9.59 Å². The Balaban J connectivity index is 1.79. The van der Waals surface area contributed by atoms with E-state index in [1.165, 1.54) is 0 Å². The molecule has 0 radical (unpaired) electrons. The molecule has 0 aromatic rings. The fourth-order valence-corrected chi connectivity index (χ4v) is 3.24. The Bertz CT molecular complexity index is 338. The summed E-state index contributed by atoms with van der Waals surface area (Å²) in [7, 11) is 0. The van der Waals surface area contributed by atoms with E-state index in [9.17, 15) is 9.59 Å². The molecule has 19 heavy (non-hydrogen) atoms. The zero-order valence-electron chi connectivity index (χ0n) is 11.3. The van der Waals surface area contributed by atoms with E-state index in [2.05, 4.69) is 5.32 Å². The third-order valence-corrected chi connectivity index (χ3v) is 4.59. The Labute approximate surface area is 113 Å². The second-order valence-corrected chi connectivity index (χ2v) is 5.95. The molecule has 1 amide bonds. The van der Waals surface area contributed by atoms with Crippen LogP contribution in [0.3, 0.4) is 0 Å². The Kier molecular flexibility index (Phi) is 4.80. The zero-order chi connectivity index (χ0) is 13.8. The lowest BCUT2D eigenvalue weighted by atomic mass is 9.81. The molecule has 0 saturated heterocycles. The number of carbonyl (C=O) groups excluding carboxylic acids is 1. The topological polar surface area (TPSA) is 92.4 Å². The van der Waals surface area contributed by atoms with Gasteiger partial charge < -0.3 is 16.2 Å². The normalized spacial score (nSPS) is 35.6. The SMILES string of the molecule is NC1CCCCC1NC(=O)C1CCC(C(=O)O)CC1. The van der Waals surface area contributed by atoms with Gasteiger partial charge in [0.05, 0.1) is 5.92 Å². The fourth-order valence-electron chi connectivity index (χ4n) is 3.24. The molecule has 108 valence electrons. The van der Waals surface area contributed by atoms with Crippen LogP contribution in [0, 0.1) is 11.8 Å². The lowest BCUT2D eigenvalue weighted by Gasteiger charge is -2.32. The summed E-state index contributed by atoms with van der Waals surface area (Å²) in [5.41, 5.74) is 6.03. The molecule has 0 spiro atoms. The molecular weight excluding hydrogens is 244 g/mol. The van der Waals surface area contributed by atoms with Crippen molar-refractivity contribution in [2.45, 2.75) is 63.5 Å². The van der Waals surface area contributed by atoms with E-state index in [1.54, 1.807) is 0 Å². The van der Waals surface area contributed by atoms with Crippen molar-refractivity contribution in [1.82, 2.24) is 5.32 Å². The van der Waals surface area contributed by atoms with Crippen molar-refractivity contribution in [3.05, 3.63) is 0 Å². The average molecular weight is 268 g/mol. The highest BCUT2D eigenvalue weighted by Gasteiger charge is 2.31. The molecule has 4 N–H and O–H groups in total. The average Bonchev–Trinajstić information content (AvgIpc) is 2.41. The van der Waals surface area contributed by atoms with Gasteiger partial charge in [0, 0.05) is 18.0 Å². The van der Waals surface area contributed by atoms with Crippen molar-refractivity contribution in [3.8, 4) is 0 Å². The van der Waals surface area contributed by atoms with Crippen LogP contribution < -0.4 is 11.1 Å². The van der Waals surface area contributed by atoms with Crippen molar-refractivity contribution >= 4 is 11.9 Å². The summed E-state index contributed by atoms with van der Waals surface area (Å²) in [5, 5.41) is 12.0. The molecule has 2 unspecified atom stereocenters. The Hall–Kier alpha value is -1.10. The minimum atomic E-state index is -0.729. The van der Waals surface area contributed by atoms with Crippen LogP contribution in [0.2, 0.25) is 0 Å². The van der Waals surface area contributed by atoms with Crippen LogP contribution in [-0.4, -0.2) is 29.1 Å². The van der Waals surface area contributed by atoms with E-state index >= 15 is 0 Å². The summed E-state index contributed by atoms with van der Waals surface area (Å²) < 4.78 is 0. The van der Waals surface area contributed by atoms with Crippen LogP contribution >= 0.6 is 0 Å². The number of carboxylic acids is 1. The van der Waals surface area contributed by atoms with Crippen molar-refractivity contribution in [1.29, 1.82) is 0 Å². The van der Waals surface area contributed by atoms with Gasteiger partial charge in [0.2, 0.25) is 5.91 Å². The second-order valence-electron chi connectivity index (χ2n) is 5.95. The van der Waals surface area contributed by atoms with E-state index < -0.39 is 5.97 Å². The molecule has 2 rings (SSSR count). The van der Waals surface area contributed by atoms with Crippen LogP contribution in [0.15, 0.2) is 0 Å². The number of hydrogen-bond donors (Lipinski definition) is 3. The van der Waals surface area contributed by atoms with E-state index in [4.69, 9.17) is 10.8 Å². The smallest absolute Gasteiger partial charge is 0.306 e. The van der Waals surface area contributed by atoms with E-state index in [0.717, 1.165) is 25.7 Å². The number of aliphatic carboxylic acids is 1. The summed E-state index contributed by atoms with van der Waals surface area (Å²) in [6.07, 6.45) is 6.83. The van der Waals surface area contributed by atoms with E-state index in [0.29, 0.717) is 25.7 Å². The molecule has 2 fully saturated rings. The number of carboxylic acid groups (broad SMARTS) is 1. The van der Waals surface area contributed by atoms with Gasteiger partial charge in [-0.2, -0.15) is 0 Å². The minimum Gasteiger partial charge on any atom is -0.481 e. The van der Waals surface area contributed by atoms with E-state index in [1.807, 2.05) is 0 Å². The Morgan fingerprint density at radius 3 is 2.11 bits per heavy atom. The highest BCUT2D eigenvalue weighted by atomic mass is 16.4. The molecule has 0 bridgehead atoms. The Morgan fingerprint density at radius 1 is 0.947 bits per heavy atom. The first-order chi connectivity index (χ1) is 9.08. The summed E-state index contributed by atoms with van der Waals surface area (Å²) in [6, 6.07) is 0.187. The first kappa shape index (κ1) is 14.3. The molecule has 0 aliphatic heterocycles. The lowest BCUT2D eigenvalue weighted by molar-refractivity contribution is -0.144. The number of rotatable bonds is 3. The number of hydrogen-bond acceptors (Lipinski definition) is 3. The maximum absolute atomic E-state index is 12.2. The molecular formula is C14H24N2O3. The highest BCUT2D eigenvalue weighted by molar-refractivity contribution is 5.79. The number of amides is 1.